The molecule has 0 aliphatic rings. The van der Waals surface area contributed by atoms with Crippen molar-refractivity contribution in [2.24, 2.45) is 5.92 Å². The SMILES string of the molecule is CCC(C)(C)OOC(C)(C)CCC(C)C. The van der Waals surface area contributed by atoms with Crippen molar-refractivity contribution in [3.63, 3.8) is 0 Å². The molecule has 2 heteroatoms. The van der Waals surface area contributed by atoms with Gasteiger partial charge in [-0.3, -0.25) is 0 Å². The summed E-state index contributed by atoms with van der Waals surface area (Å²) in [5.41, 5.74) is -0.369. The Bertz CT molecular complexity index is 171. The Labute approximate surface area is 95.3 Å². The average molecular weight is 216 g/mol. The second-order valence-electron chi connectivity index (χ2n) is 5.97. The molecule has 0 saturated heterocycles. The van der Waals surface area contributed by atoms with E-state index in [1.54, 1.807) is 0 Å². The van der Waals surface area contributed by atoms with Crippen LogP contribution in [0.3, 0.4) is 0 Å². The van der Waals surface area contributed by atoms with Crippen LogP contribution < -0.4 is 0 Å². The molecular formula is C13H28O2. The summed E-state index contributed by atoms with van der Waals surface area (Å²) in [5.74, 6) is 0.715. The summed E-state index contributed by atoms with van der Waals surface area (Å²) in [4.78, 5) is 11.0. The molecule has 0 heterocycles. The van der Waals surface area contributed by atoms with Crippen molar-refractivity contribution < 1.29 is 9.78 Å². The van der Waals surface area contributed by atoms with E-state index in [0.717, 1.165) is 12.8 Å². The van der Waals surface area contributed by atoms with Gasteiger partial charge in [0.25, 0.3) is 0 Å². The van der Waals surface area contributed by atoms with Crippen LogP contribution in [-0.4, -0.2) is 11.2 Å². The van der Waals surface area contributed by atoms with Gasteiger partial charge in [0.2, 0.25) is 0 Å². The third-order valence-corrected chi connectivity index (χ3v) is 2.67. The maximum atomic E-state index is 5.54. The average Bonchev–Trinajstić information content (AvgIpc) is 2.13. The zero-order chi connectivity index (χ0) is 12.1. The first kappa shape index (κ1) is 14.9. The molecule has 0 spiro atoms. The number of hydrogen-bond acceptors (Lipinski definition) is 2. The first-order valence-electron chi connectivity index (χ1n) is 6.05. The highest BCUT2D eigenvalue weighted by Crippen LogP contribution is 2.24. The van der Waals surface area contributed by atoms with Crippen LogP contribution in [0.25, 0.3) is 0 Å². The molecule has 0 aromatic rings. The smallest absolute Gasteiger partial charge is 0.0980 e. The minimum atomic E-state index is -0.185. The summed E-state index contributed by atoms with van der Waals surface area (Å²) in [6.45, 7) is 14.8. The molecule has 2 nitrogen and oxygen atoms in total. The third-order valence-electron chi connectivity index (χ3n) is 2.67. The Morgan fingerprint density at radius 2 is 1.40 bits per heavy atom. The lowest BCUT2D eigenvalue weighted by Crippen LogP contribution is -2.32. The van der Waals surface area contributed by atoms with E-state index in [4.69, 9.17) is 9.78 Å². The Kier molecular flexibility index (Phi) is 5.82. The van der Waals surface area contributed by atoms with Gasteiger partial charge in [0.05, 0.1) is 11.2 Å². The van der Waals surface area contributed by atoms with Crippen LogP contribution in [-0.2, 0) is 9.78 Å². The molecule has 0 aliphatic heterocycles. The standard InChI is InChI=1S/C13H28O2/c1-8-12(4,5)14-15-13(6,7)10-9-11(2)3/h11H,8-10H2,1-7H3. The Morgan fingerprint density at radius 1 is 0.933 bits per heavy atom. The maximum absolute atomic E-state index is 5.54. The molecule has 0 aromatic carbocycles. The summed E-state index contributed by atoms with van der Waals surface area (Å²) < 4.78 is 0. The van der Waals surface area contributed by atoms with Gasteiger partial charge in [-0.2, -0.15) is 0 Å². The fourth-order valence-electron chi connectivity index (χ4n) is 0.962. The van der Waals surface area contributed by atoms with Crippen molar-refractivity contribution in [3.8, 4) is 0 Å². The van der Waals surface area contributed by atoms with Crippen molar-refractivity contribution in [2.75, 3.05) is 0 Å². The van der Waals surface area contributed by atoms with Gasteiger partial charge in [-0.1, -0.05) is 20.8 Å². The molecule has 0 aromatic heterocycles. The molecule has 15 heavy (non-hydrogen) atoms. The van der Waals surface area contributed by atoms with Crippen LogP contribution in [0.5, 0.6) is 0 Å². The molecule has 0 bridgehead atoms. The molecule has 0 N–H and O–H groups in total. The quantitative estimate of drug-likeness (QED) is 0.465. The lowest BCUT2D eigenvalue weighted by atomic mass is 9.97. The minimum absolute atomic E-state index is 0.184. The van der Waals surface area contributed by atoms with Crippen LogP contribution >= 0.6 is 0 Å². The van der Waals surface area contributed by atoms with Gasteiger partial charge in [0.15, 0.2) is 0 Å². The van der Waals surface area contributed by atoms with Crippen molar-refractivity contribution in [2.45, 2.75) is 78.9 Å². The monoisotopic (exact) mass is 216 g/mol. The molecule has 0 fully saturated rings. The Hall–Kier alpha value is -0.0800. The number of hydrogen-bond donors (Lipinski definition) is 0. The van der Waals surface area contributed by atoms with Gasteiger partial charge < -0.3 is 0 Å². The summed E-state index contributed by atoms with van der Waals surface area (Å²) in [5, 5.41) is 0. The minimum Gasteiger partial charge on any atom is -0.230 e. The lowest BCUT2D eigenvalue weighted by Gasteiger charge is -2.30. The van der Waals surface area contributed by atoms with Crippen LogP contribution in [0.1, 0.15) is 67.7 Å². The van der Waals surface area contributed by atoms with E-state index in [1.807, 2.05) is 13.8 Å². The summed E-state index contributed by atoms with van der Waals surface area (Å²) in [6, 6.07) is 0. The van der Waals surface area contributed by atoms with Crippen LogP contribution in [0.2, 0.25) is 0 Å². The van der Waals surface area contributed by atoms with E-state index < -0.39 is 0 Å². The van der Waals surface area contributed by atoms with E-state index in [2.05, 4.69) is 34.6 Å². The molecule has 0 amide bonds. The Balaban J connectivity index is 3.93. The predicted octanol–water partition coefficient (Wildman–Crippen LogP) is 4.34. The van der Waals surface area contributed by atoms with E-state index in [0.29, 0.717) is 5.92 Å². The molecule has 92 valence electrons. The van der Waals surface area contributed by atoms with Crippen molar-refractivity contribution in [1.82, 2.24) is 0 Å². The van der Waals surface area contributed by atoms with Crippen LogP contribution in [0, 0.1) is 5.92 Å². The van der Waals surface area contributed by atoms with Gasteiger partial charge in [0.1, 0.15) is 0 Å². The predicted molar refractivity (Wildman–Crippen MR) is 64.7 cm³/mol. The normalized spacial score (nSPS) is 13.6. The summed E-state index contributed by atoms with van der Waals surface area (Å²) >= 11 is 0. The second kappa shape index (κ2) is 5.86. The topological polar surface area (TPSA) is 18.5 Å². The largest absolute Gasteiger partial charge is 0.230 e. The zero-order valence-corrected chi connectivity index (χ0v) is 11.5. The fraction of sp³-hybridized carbons (Fsp3) is 1.00. The fourth-order valence-corrected chi connectivity index (χ4v) is 0.962. The first-order valence-corrected chi connectivity index (χ1v) is 6.05. The van der Waals surface area contributed by atoms with E-state index in [1.165, 1.54) is 6.42 Å². The van der Waals surface area contributed by atoms with E-state index in [-0.39, 0.29) is 11.2 Å². The molecular weight excluding hydrogens is 188 g/mol. The van der Waals surface area contributed by atoms with Gasteiger partial charge >= 0.3 is 0 Å². The molecule has 0 atom stereocenters. The van der Waals surface area contributed by atoms with Gasteiger partial charge in [0, 0.05) is 0 Å². The van der Waals surface area contributed by atoms with Crippen LogP contribution in [0.15, 0.2) is 0 Å². The van der Waals surface area contributed by atoms with Crippen molar-refractivity contribution in [3.05, 3.63) is 0 Å². The van der Waals surface area contributed by atoms with E-state index >= 15 is 0 Å². The first-order chi connectivity index (χ1) is 6.68. The Morgan fingerprint density at radius 3 is 1.80 bits per heavy atom. The second-order valence-corrected chi connectivity index (χ2v) is 5.97. The molecule has 0 unspecified atom stereocenters. The highest BCUT2D eigenvalue weighted by Gasteiger charge is 2.25. The lowest BCUT2D eigenvalue weighted by molar-refractivity contribution is -0.402. The molecule has 0 saturated carbocycles. The maximum Gasteiger partial charge on any atom is 0.0980 e. The highest BCUT2D eigenvalue weighted by atomic mass is 17.2. The molecule has 0 rings (SSSR count). The van der Waals surface area contributed by atoms with Gasteiger partial charge in [-0.25, -0.2) is 9.78 Å². The van der Waals surface area contributed by atoms with Crippen molar-refractivity contribution >= 4 is 0 Å². The highest BCUT2D eigenvalue weighted by molar-refractivity contribution is 4.69. The van der Waals surface area contributed by atoms with Gasteiger partial charge in [-0.05, 0) is 52.9 Å². The number of rotatable bonds is 7. The van der Waals surface area contributed by atoms with Crippen LogP contribution in [0.4, 0.5) is 0 Å². The molecule has 0 aliphatic carbocycles. The van der Waals surface area contributed by atoms with Gasteiger partial charge in [-0.15, -0.1) is 0 Å². The summed E-state index contributed by atoms with van der Waals surface area (Å²) in [6.07, 6.45) is 3.15. The summed E-state index contributed by atoms with van der Waals surface area (Å²) in [7, 11) is 0. The molecule has 0 radical (unpaired) electrons. The third kappa shape index (κ3) is 7.80. The van der Waals surface area contributed by atoms with Crippen molar-refractivity contribution in [1.29, 1.82) is 0 Å². The zero-order valence-electron chi connectivity index (χ0n) is 11.5. The van der Waals surface area contributed by atoms with E-state index in [9.17, 15) is 0 Å².